The zero-order valence-corrected chi connectivity index (χ0v) is 15.8. The van der Waals surface area contributed by atoms with Crippen molar-refractivity contribution < 1.29 is 14.3 Å². The van der Waals surface area contributed by atoms with E-state index < -0.39 is 6.10 Å². The third-order valence-electron chi connectivity index (χ3n) is 5.32. The largest absolute Gasteiger partial charge is 0.366 e. The Morgan fingerprint density at radius 2 is 1.86 bits per heavy atom. The van der Waals surface area contributed by atoms with Crippen molar-refractivity contribution in [2.45, 2.75) is 25.0 Å². The summed E-state index contributed by atoms with van der Waals surface area (Å²) < 4.78 is 5.46. The van der Waals surface area contributed by atoms with Gasteiger partial charge >= 0.3 is 0 Å². The Morgan fingerprint density at radius 1 is 1.07 bits per heavy atom. The van der Waals surface area contributed by atoms with Crippen LogP contribution in [0.5, 0.6) is 0 Å². The molecule has 4 rings (SSSR count). The Bertz CT molecular complexity index is 817. The van der Waals surface area contributed by atoms with E-state index in [2.05, 4.69) is 22.8 Å². The van der Waals surface area contributed by atoms with E-state index in [1.165, 1.54) is 5.56 Å². The Morgan fingerprint density at radius 3 is 2.57 bits per heavy atom. The van der Waals surface area contributed by atoms with Crippen LogP contribution in [0.3, 0.4) is 0 Å². The summed E-state index contributed by atoms with van der Waals surface area (Å²) in [6.45, 7) is 2.58. The van der Waals surface area contributed by atoms with Crippen molar-refractivity contribution in [3.05, 3.63) is 65.7 Å². The molecule has 2 aliphatic rings. The van der Waals surface area contributed by atoms with Crippen molar-refractivity contribution in [1.82, 2.24) is 10.2 Å². The number of nitrogens with zero attached hydrogens (tertiary/aromatic N) is 1. The molecule has 0 aromatic heterocycles. The van der Waals surface area contributed by atoms with Gasteiger partial charge in [-0.25, -0.2) is 0 Å². The van der Waals surface area contributed by atoms with Crippen LogP contribution in [-0.2, 0) is 9.53 Å². The lowest BCUT2D eigenvalue weighted by atomic mass is 10.0. The van der Waals surface area contributed by atoms with Crippen molar-refractivity contribution >= 4 is 17.5 Å². The highest BCUT2D eigenvalue weighted by molar-refractivity contribution is 5.97. The van der Waals surface area contributed by atoms with Gasteiger partial charge in [0.1, 0.15) is 6.10 Å². The molecule has 0 bridgehead atoms. The van der Waals surface area contributed by atoms with Crippen molar-refractivity contribution in [2.75, 3.05) is 31.6 Å². The molecule has 2 aliphatic heterocycles. The second kappa shape index (κ2) is 8.54. The number of carbonyl (C=O) groups is 2. The molecule has 2 atom stereocenters. The topological polar surface area (TPSA) is 70.7 Å². The fourth-order valence-corrected chi connectivity index (χ4v) is 3.85. The normalized spacial score (nSPS) is 22.1. The van der Waals surface area contributed by atoms with Gasteiger partial charge in [-0.1, -0.05) is 30.3 Å². The number of benzene rings is 2. The molecule has 2 amide bonds. The van der Waals surface area contributed by atoms with E-state index in [9.17, 15) is 9.59 Å². The molecule has 2 heterocycles. The number of amides is 2. The monoisotopic (exact) mass is 379 g/mol. The van der Waals surface area contributed by atoms with Gasteiger partial charge in [0.25, 0.3) is 11.8 Å². The smallest absolute Gasteiger partial charge is 0.254 e. The predicted octanol–water partition coefficient (Wildman–Crippen LogP) is 2.59. The van der Waals surface area contributed by atoms with E-state index in [1.54, 1.807) is 24.3 Å². The van der Waals surface area contributed by atoms with E-state index in [0.29, 0.717) is 24.4 Å². The first-order chi connectivity index (χ1) is 13.7. The van der Waals surface area contributed by atoms with Crippen LogP contribution in [0.4, 0.5) is 5.69 Å². The van der Waals surface area contributed by atoms with Crippen molar-refractivity contribution in [3.8, 4) is 0 Å². The van der Waals surface area contributed by atoms with Crippen LogP contribution in [-0.4, -0.2) is 49.1 Å². The van der Waals surface area contributed by atoms with Gasteiger partial charge in [0, 0.05) is 30.9 Å². The summed E-state index contributed by atoms with van der Waals surface area (Å²) in [5, 5.41) is 5.99. The van der Waals surface area contributed by atoms with Gasteiger partial charge in [0.2, 0.25) is 0 Å². The molecule has 6 nitrogen and oxygen atoms in total. The minimum absolute atomic E-state index is 0.0315. The molecule has 28 heavy (non-hydrogen) atoms. The molecule has 0 saturated carbocycles. The number of nitrogens with one attached hydrogen (secondary N) is 2. The maximum absolute atomic E-state index is 13.0. The molecule has 0 radical (unpaired) electrons. The second-order valence-corrected chi connectivity index (χ2v) is 7.20. The number of morpholine rings is 1. The summed E-state index contributed by atoms with van der Waals surface area (Å²) in [6.07, 6.45) is 1.51. The number of hydrogen-bond donors (Lipinski definition) is 2. The number of ether oxygens (including phenoxy) is 1. The average Bonchev–Trinajstić information content (AvgIpc) is 3.25. The molecule has 2 N–H and O–H groups in total. The molecule has 0 aliphatic carbocycles. The zero-order chi connectivity index (χ0) is 19.3. The van der Waals surface area contributed by atoms with Crippen LogP contribution in [0, 0.1) is 0 Å². The third kappa shape index (κ3) is 4.08. The molecular formula is C22H25N3O3. The van der Waals surface area contributed by atoms with E-state index in [0.717, 1.165) is 25.9 Å². The van der Waals surface area contributed by atoms with Gasteiger partial charge in [-0.15, -0.1) is 0 Å². The van der Waals surface area contributed by atoms with Crippen LogP contribution < -0.4 is 10.6 Å². The van der Waals surface area contributed by atoms with E-state index in [-0.39, 0.29) is 17.9 Å². The summed E-state index contributed by atoms with van der Waals surface area (Å²) in [4.78, 5) is 27.2. The summed E-state index contributed by atoms with van der Waals surface area (Å²) in [6, 6.07) is 17.4. The Kier molecular flexibility index (Phi) is 5.69. The minimum Gasteiger partial charge on any atom is -0.366 e. The molecule has 2 aromatic rings. The lowest BCUT2D eigenvalue weighted by Gasteiger charge is -2.25. The van der Waals surface area contributed by atoms with Gasteiger partial charge < -0.3 is 20.3 Å². The van der Waals surface area contributed by atoms with Gasteiger partial charge in [0.05, 0.1) is 12.6 Å². The van der Waals surface area contributed by atoms with Crippen molar-refractivity contribution in [2.24, 2.45) is 0 Å². The lowest BCUT2D eigenvalue weighted by Crippen LogP contribution is -2.45. The molecule has 2 unspecified atom stereocenters. The van der Waals surface area contributed by atoms with E-state index in [4.69, 9.17) is 4.74 Å². The standard InChI is InChI=1S/C22H25N3O3/c26-21(20-15-23-12-14-28-20)24-18-10-8-17(9-11-18)22(27)25-13-4-7-19(25)16-5-2-1-3-6-16/h1-3,5-6,8-11,19-20,23H,4,7,12-15H2,(H,24,26). The summed E-state index contributed by atoms with van der Waals surface area (Å²) in [5.41, 5.74) is 2.48. The Balaban J connectivity index is 1.41. The number of anilines is 1. The number of likely N-dealkylation sites (tertiary alicyclic amines) is 1. The van der Waals surface area contributed by atoms with E-state index >= 15 is 0 Å². The van der Waals surface area contributed by atoms with Crippen molar-refractivity contribution in [1.29, 1.82) is 0 Å². The fraction of sp³-hybridized carbons (Fsp3) is 0.364. The zero-order valence-electron chi connectivity index (χ0n) is 15.8. The first kappa shape index (κ1) is 18.7. The highest BCUT2D eigenvalue weighted by atomic mass is 16.5. The van der Waals surface area contributed by atoms with Gasteiger partial charge in [-0.2, -0.15) is 0 Å². The average molecular weight is 379 g/mol. The third-order valence-corrected chi connectivity index (χ3v) is 5.32. The molecule has 2 fully saturated rings. The molecule has 146 valence electrons. The highest BCUT2D eigenvalue weighted by Crippen LogP contribution is 2.33. The maximum Gasteiger partial charge on any atom is 0.254 e. The highest BCUT2D eigenvalue weighted by Gasteiger charge is 2.30. The first-order valence-electron chi connectivity index (χ1n) is 9.81. The van der Waals surface area contributed by atoms with Crippen LogP contribution in [0.15, 0.2) is 54.6 Å². The molecule has 2 aromatic carbocycles. The number of rotatable bonds is 4. The SMILES string of the molecule is O=C(Nc1ccc(C(=O)N2CCCC2c2ccccc2)cc1)C1CNCCO1. The Labute approximate surface area is 164 Å². The van der Waals surface area contributed by atoms with Crippen LogP contribution in [0.25, 0.3) is 0 Å². The first-order valence-corrected chi connectivity index (χ1v) is 9.81. The molecule has 0 spiro atoms. The van der Waals surface area contributed by atoms with Gasteiger partial charge in [-0.05, 0) is 42.7 Å². The molecular weight excluding hydrogens is 354 g/mol. The number of carbonyl (C=O) groups excluding carboxylic acids is 2. The number of hydrogen-bond acceptors (Lipinski definition) is 4. The lowest BCUT2D eigenvalue weighted by molar-refractivity contribution is -0.128. The van der Waals surface area contributed by atoms with Crippen LogP contribution in [0.2, 0.25) is 0 Å². The second-order valence-electron chi connectivity index (χ2n) is 7.20. The van der Waals surface area contributed by atoms with Crippen molar-refractivity contribution in [3.63, 3.8) is 0 Å². The van der Waals surface area contributed by atoms with Gasteiger partial charge in [0.15, 0.2) is 0 Å². The maximum atomic E-state index is 13.0. The summed E-state index contributed by atoms with van der Waals surface area (Å²) >= 11 is 0. The minimum atomic E-state index is -0.480. The van der Waals surface area contributed by atoms with E-state index in [1.807, 2.05) is 23.1 Å². The summed E-state index contributed by atoms with van der Waals surface area (Å²) in [5.74, 6) is -0.140. The molecule has 6 heteroatoms. The van der Waals surface area contributed by atoms with Crippen LogP contribution in [0.1, 0.15) is 34.8 Å². The molecule has 2 saturated heterocycles. The quantitative estimate of drug-likeness (QED) is 0.857. The van der Waals surface area contributed by atoms with Gasteiger partial charge in [-0.3, -0.25) is 9.59 Å². The van der Waals surface area contributed by atoms with Crippen LogP contribution >= 0.6 is 0 Å². The Hall–Kier alpha value is -2.70. The fourth-order valence-electron chi connectivity index (χ4n) is 3.85. The predicted molar refractivity (Wildman–Crippen MR) is 107 cm³/mol. The summed E-state index contributed by atoms with van der Waals surface area (Å²) in [7, 11) is 0.